The summed E-state index contributed by atoms with van der Waals surface area (Å²) in [5, 5.41) is 7.95. The Morgan fingerprint density at radius 1 is 1.58 bits per heavy atom. The molecule has 0 aliphatic heterocycles. The van der Waals surface area contributed by atoms with Crippen LogP contribution in [0.15, 0.2) is 24.3 Å². The van der Waals surface area contributed by atoms with Crippen LogP contribution in [0.1, 0.15) is 6.42 Å². The normalized spacial score (nSPS) is 12.0. The highest BCUT2D eigenvalue weighted by Gasteiger charge is 1.94. The van der Waals surface area contributed by atoms with Crippen LogP contribution >= 0.6 is 0 Å². The minimum absolute atomic E-state index is 0.195. The van der Waals surface area contributed by atoms with Crippen molar-refractivity contribution in [1.82, 2.24) is 0 Å². The molecule has 0 unspecified atom stereocenters. The second-order valence-electron chi connectivity index (χ2n) is 1.79. The average molecular weight is 178 g/mol. The first kappa shape index (κ1) is 10.6. The number of halogens is 2. The van der Waals surface area contributed by atoms with Crippen molar-refractivity contribution in [2.75, 3.05) is 6.61 Å². The van der Waals surface area contributed by atoms with Crippen LogP contribution in [0, 0.1) is 0 Å². The smallest absolute Gasteiger partial charge is 0.450 e. The lowest BCUT2D eigenvalue weighted by Gasteiger charge is -1.93. The van der Waals surface area contributed by atoms with Gasteiger partial charge in [-0.2, -0.15) is 0 Å². The number of allylic oxidation sites excluding steroid dienone is 2. The summed E-state index contributed by atoms with van der Waals surface area (Å²) in [5.41, 5.74) is 0. The van der Waals surface area contributed by atoms with Gasteiger partial charge in [0.1, 0.15) is 12.4 Å². The summed E-state index contributed by atoms with van der Waals surface area (Å²) in [6, 6.07) is 0. The summed E-state index contributed by atoms with van der Waals surface area (Å²) in [5.74, 6) is -0.634. The quantitative estimate of drug-likeness (QED) is 0.672. The fourth-order valence-electron chi connectivity index (χ4n) is 0.444. The van der Waals surface area contributed by atoms with Crippen LogP contribution in [0.25, 0.3) is 0 Å². The van der Waals surface area contributed by atoms with E-state index in [0.29, 0.717) is 0 Å². The molecule has 0 aromatic carbocycles. The molecule has 0 heterocycles. The summed E-state index contributed by atoms with van der Waals surface area (Å²) < 4.78 is 27.7. The Bertz CT molecular complexity index is 199. The predicted octanol–water partition coefficient (Wildman–Crippen LogP) is 2.41. The SMILES string of the molecule is O=C(O)OCC=C(F)CC=CF. The molecule has 0 aliphatic carbocycles. The van der Waals surface area contributed by atoms with Crippen molar-refractivity contribution in [2.45, 2.75) is 6.42 Å². The van der Waals surface area contributed by atoms with Crippen molar-refractivity contribution < 1.29 is 23.4 Å². The van der Waals surface area contributed by atoms with E-state index < -0.39 is 12.0 Å². The van der Waals surface area contributed by atoms with Crippen LogP contribution in [-0.4, -0.2) is 17.9 Å². The van der Waals surface area contributed by atoms with Crippen molar-refractivity contribution in [3.8, 4) is 0 Å². The fourth-order valence-corrected chi connectivity index (χ4v) is 0.444. The highest BCUT2D eigenvalue weighted by atomic mass is 19.1. The van der Waals surface area contributed by atoms with Crippen molar-refractivity contribution >= 4 is 6.16 Å². The van der Waals surface area contributed by atoms with Crippen molar-refractivity contribution in [2.24, 2.45) is 0 Å². The lowest BCUT2D eigenvalue weighted by Crippen LogP contribution is -1.99. The molecule has 0 aliphatic rings. The van der Waals surface area contributed by atoms with Crippen LogP contribution < -0.4 is 0 Å². The molecular weight excluding hydrogens is 170 g/mol. The lowest BCUT2D eigenvalue weighted by atomic mass is 10.3. The van der Waals surface area contributed by atoms with Crippen LogP contribution in [0.3, 0.4) is 0 Å². The minimum Gasteiger partial charge on any atom is -0.450 e. The van der Waals surface area contributed by atoms with E-state index in [0.717, 1.165) is 12.2 Å². The van der Waals surface area contributed by atoms with Crippen LogP contribution in [0.5, 0.6) is 0 Å². The Morgan fingerprint density at radius 3 is 2.75 bits per heavy atom. The number of ether oxygens (including phenoxy) is 1. The number of hydrogen-bond donors (Lipinski definition) is 1. The van der Waals surface area contributed by atoms with E-state index in [1.807, 2.05) is 0 Å². The van der Waals surface area contributed by atoms with Gasteiger partial charge in [-0.05, 0) is 12.2 Å². The third-order valence-electron chi connectivity index (χ3n) is 0.914. The van der Waals surface area contributed by atoms with Gasteiger partial charge >= 0.3 is 6.16 Å². The molecule has 0 saturated carbocycles. The molecule has 0 spiro atoms. The van der Waals surface area contributed by atoms with Gasteiger partial charge in [0.05, 0.1) is 6.33 Å². The second-order valence-corrected chi connectivity index (χ2v) is 1.79. The highest BCUT2D eigenvalue weighted by molar-refractivity contribution is 5.56. The molecule has 0 rings (SSSR count). The highest BCUT2D eigenvalue weighted by Crippen LogP contribution is 2.03. The molecule has 1 N–H and O–H groups in total. The Kier molecular flexibility index (Phi) is 5.60. The zero-order valence-corrected chi connectivity index (χ0v) is 6.17. The van der Waals surface area contributed by atoms with Crippen LogP contribution in [-0.2, 0) is 4.74 Å². The standard InChI is InChI=1S/C7H8F2O3/c8-4-1-2-6(9)3-5-12-7(10)11/h1,3-4H,2,5H2,(H,10,11). The van der Waals surface area contributed by atoms with E-state index in [1.165, 1.54) is 0 Å². The molecule has 0 aromatic rings. The monoisotopic (exact) mass is 178 g/mol. The Hall–Kier alpha value is -1.39. The molecule has 0 aromatic heterocycles. The number of carbonyl (C=O) groups is 1. The first-order valence-electron chi connectivity index (χ1n) is 3.12. The molecule has 5 heteroatoms. The van der Waals surface area contributed by atoms with Crippen molar-refractivity contribution in [3.63, 3.8) is 0 Å². The maximum absolute atomic E-state index is 12.4. The first-order valence-corrected chi connectivity index (χ1v) is 3.12. The number of rotatable bonds is 4. The van der Waals surface area contributed by atoms with E-state index in [4.69, 9.17) is 5.11 Å². The molecule has 0 bridgehead atoms. The molecular formula is C7H8F2O3. The number of carboxylic acid groups (broad SMARTS) is 1. The summed E-state index contributed by atoms with van der Waals surface area (Å²) in [4.78, 5) is 9.75. The van der Waals surface area contributed by atoms with Crippen molar-refractivity contribution in [3.05, 3.63) is 24.3 Å². The molecule has 68 valence electrons. The van der Waals surface area contributed by atoms with Gasteiger partial charge in [-0.15, -0.1) is 0 Å². The van der Waals surface area contributed by atoms with E-state index >= 15 is 0 Å². The second kappa shape index (κ2) is 6.33. The molecule has 0 amide bonds. The number of hydrogen-bond acceptors (Lipinski definition) is 2. The molecule has 0 radical (unpaired) electrons. The zero-order chi connectivity index (χ0) is 9.40. The van der Waals surface area contributed by atoms with E-state index in [2.05, 4.69) is 4.74 Å². The largest absolute Gasteiger partial charge is 0.506 e. The van der Waals surface area contributed by atoms with Gasteiger partial charge in [-0.25, -0.2) is 13.6 Å². The van der Waals surface area contributed by atoms with Gasteiger partial charge in [0.15, 0.2) is 0 Å². The Morgan fingerprint density at radius 2 is 2.25 bits per heavy atom. The Labute approximate surface area is 68.0 Å². The maximum atomic E-state index is 12.4. The summed E-state index contributed by atoms with van der Waals surface area (Å²) in [6.45, 7) is -0.360. The van der Waals surface area contributed by atoms with E-state index in [1.54, 1.807) is 0 Å². The van der Waals surface area contributed by atoms with Gasteiger partial charge in [-0.3, -0.25) is 0 Å². The third-order valence-corrected chi connectivity index (χ3v) is 0.914. The van der Waals surface area contributed by atoms with E-state index in [-0.39, 0.29) is 19.4 Å². The van der Waals surface area contributed by atoms with Gasteiger partial charge in [0, 0.05) is 6.42 Å². The fraction of sp³-hybridized carbons (Fsp3) is 0.286. The molecule has 0 saturated heterocycles. The summed E-state index contributed by atoms with van der Waals surface area (Å²) >= 11 is 0. The van der Waals surface area contributed by atoms with Crippen LogP contribution in [0.4, 0.5) is 13.6 Å². The first-order chi connectivity index (χ1) is 5.66. The predicted molar refractivity (Wildman–Crippen MR) is 38.0 cm³/mol. The third kappa shape index (κ3) is 6.73. The summed E-state index contributed by atoms with van der Waals surface area (Å²) in [7, 11) is 0. The Balaban J connectivity index is 3.61. The molecule has 0 atom stereocenters. The van der Waals surface area contributed by atoms with Gasteiger partial charge in [0.25, 0.3) is 0 Å². The zero-order valence-electron chi connectivity index (χ0n) is 6.17. The lowest BCUT2D eigenvalue weighted by molar-refractivity contribution is 0.101. The van der Waals surface area contributed by atoms with Gasteiger partial charge in [-0.1, -0.05) is 0 Å². The van der Waals surface area contributed by atoms with Gasteiger partial charge < -0.3 is 9.84 Å². The van der Waals surface area contributed by atoms with Gasteiger partial charge in [0.2, 0.25) is 0 Å². The van der Waals surface area contributed by atoms with Crippen LogP contribution in [0.2, 0.25) is 0 Å². The molecule has 12 heavy (non-hydrogen) atoms. The minimum atomic E-state index is -1.47. The maximum Gasteiger partial charge on any atom is 0.506 e. The molecule has 0 fully saturated rings. The average Bonchev–Trinajstić information content (AvgIpc) is 2.00. The topological polar surface area (TPSA) is 46.5 Å². The van der Waals surface area contributed by atoms with E-state index in [9.17, 15) is 13.6 Å². The van der Waals surface area contributed by atoms with Crippen molar-refractivity contribution in [1.29, 1.82) is 0 Å². The summed E-state index contributed by atoms with van der Waals surface area (Å²) in [6.07, 6.45) is 0.436. The molecule has 3 nitrogen and oxygen atoms in total.